The third kappa shape index (κ3) is 4.83. The fourth-order valence-electron chi connectivity index (χ4n) is 2.61. The Morgan fingerprint density at radius 1 is 1.00 bits per heavy atom. The van der Waals surface area contributed by atoms with E-state index in [-0.39, 0.29) is 5.76 Å². The van der Waals surface area contributed by atoms with Crippen LogP contribution in [0.25, 0.3) is 11.5 Å². The van der Waals surface area contributed by atoms with E-state index in [9.17, 15) is 5.11 Å². The second-order valence-electron chi connectivity index (χ2n) is 6.07. The Morgan fingerprint density at radius 2 is 1.68 bits per heavy atom. The molecule has 3 rings (SSSR count). The molecule has 1 aromatic heterocycles. The summed E-state index contributed by atoms with van der Waals surface area (Å²) < 4.78 is 1.74. The first-order valence-electron chi connectivity index (χ1n) is 8.29. The van der Waals surface area contributed by atoms with Crippen molar-refractivity contribution in [2.75, 3.05) is 5.32 Å². The van der Waals surface area contributed by atoms with Crippen LogP contribution in [0.15, 0.2) is 67.0 Å². The maximum Gasteiger partial charge on any atom is 0.288 e. The van der Waals surface area contributed by atoms with E-state index in [2.05, 4.69) is 5.32 Å². The van der Waals surface area contributed by atoms with Crippen LogP contribution in [0.5, 0.6) is 0 Å². The molecule has 0 aliphatic heterocycles. The van der Waals surface area contributed by atoms with Crippen LogP contribution < -0.4 is 9.88 Å². The summed E-state index contributed by atoms with van der Waals surface area (Å²) in [7, 11) is 0. The summed E-state index contributed by atoms with van der Waals surface area (Å²) in [6.45, 7) is 1.95. The Kier molecular flexibility index (Phi) is 6.57. The van der Waals surface area contributed by atoms with Crippen molar-refractivity contribution in [3.8, 4) is 0 Å². The van der Waals surface area contributed by atoms with Crippen molar-refractivity contribution in [3.63, 3.8) is 0 Å². The third-order valence-corrected chi connectivity index (χ3v) is 5.04. The molecule has 0 atom stereocenters. The number of halogens is 3. The van der Waals surface area contributed by atoms with Gasteiger partial charge in [0, 0.05) is 32.9 Å². The molecular formula is C21H16Cl3N2OS+. The molecule has 2 N–H and O–H groups in total. The summed E-state index contributed by atoms with van der Waals surface area (Å²) in [6.07, 6.45) is 3.66. The molecular weight excluding hydrogens is 435 g/mol. The molecule has 7 heteroatoms. The predicted molar refractivity (Wildman–Crippen MR) is 121 cm³/mol. The van der Waals surface area contributed by atoms with Gasteiger partial charge < -0.3 is 10.4 Å². The van der Waals surface area contributed by atoms with Crippen LogP contribution in [0.2, 0.25) is 15.1 Å². The molecule has 2 aromatic carbocycles. The number of anilines is 1. The number of nitrogens with zero attached hydrogens (tertiary/aromatic N) is 1. The van der Waals surface area contributed by atoms with Crippen molar-refractivity contribution < 1.29 is 9.67 Å². The summed E-state index contributed by atoms with van der Waals surface area (Å²) in [5.74, 6) is -0.0884. The second kappa shape index (κ2) is 8.93. The highest BCUT2D eigenvalue weighted by atomic mass is 35.5. The highest BCUT2D eigenvalue weighted by molar-refractivity contribution is 7.81. The van der Waals surface area contributed by atoms with Crippen molar-refractivity contribution in [1.29, 1.82) is 0 Å². The first-order chi connectivity index (χ1) is 13.3. The van der Waals surface area contributed by atoms with E-state index in [0.29, 0.717) is 31.3 Å². The number of aryl methyl sites for hydroxylation is 1. The van der Waals surface area contributed by atoms with Gasteiger partial charge in [0.05, 0.1) is 5.02 Å². The first-order valence-corrected chi connectivity index (χ1v) is 9.83. The summed E-state index contributed by atoms with van der Waals surface area (Å²) in [5, 5.41) is 15.7. The summed E-state index contributed by atoms with van der Waals surface area (Å²) in [4.78, 5) is 0.312. The van der Waals surface area contributed by atoms with E-state index < -0.39 is 0 Å². The molecule has 0 amide bonds. The van der Waals surface area contributed by atoms with Gasteiger partial charge in [-0.2, -0.15) is 4.57 Å². The van der Waals surface area contributed by atoms with Crippen molar-refractivity contribution in [2.24, 2.45) is 0 Å². The molecule has 1 heterocycles. The summed E-state index contributed by atoms with van der Waals surface area (Å²) in [5.41, 5.74) is 2.50. The van der Waals surface area contributed by atoms with Crippen molar-refractivity contribution in [2.45, 2.75) is 6.92 Å². The zero-order chi connectivity index (χ0) is 20.3. The van der Waals surface area contributed by atoms with Gasteiger partial charge in [0.1, 0.15) is 0 Å². The number of aromatic nitrogens is 1. The van der Waals surface area contributed by atoms with Gasteiger partial charge in [-0.1, -0.05) is 47.0 Å². The topological polar surface area (TPSA) is 36.1 Å². The van der Waals surface area contributed by atoms with Gasteiger partial charge >= 0.3 is 0 Å². The average molecular weight is 451 g/mol. The molecule has 28 heavy (non-hydrogen) atoms. The molecule has 3 aromatic rings. The molecule has 0 saturated heterocycles. The molecule has 0 bridgehead atoms. The zero-order valence-electron chi connectivity index (χ0n) is 14.8. The molecule has 0 radical (unpaired) electrons. The molecule has 0 unspecified atom stereocenters. The van der Waals surface area contributed by atoms with E-state index in [0.717, 1.165) is 11.3 Å². The number of hydrogen-bond acceptors (Lipinski definition) is 2. The van der Waals surface area contributed by atoms with Gasteiger partial charge in [0.2, 0.25) is 5.76 Å². The van der Waals surface area contributed by atoms with Crippen LogP contribution in [-0.4, -0.2) is 10.1 Å². The standard InChI is InChI=1S/C21H15Cl3N2OS/c1-13-3-2-10-26(12-13)19(20(27)17-11-15(23)6-9-18(17)24)21(28)25-16-7-4-14(22)5-8-16/h2-12H,1H3,(H-,25,27,28)/p+1. The summed E-state index contributed by atoms with van der Waals surface area (Å²) >= 11 is 24.0. The van der Waals surface area contributed by atoms with E-state index >= 15 is 0 Å². The van der Waals surface area contributed by atoms with E-state index in [4.69, 9.17) is 47.0 Å². The average Bonchev–Trinajstić information content (AvgIpc) is 2.66. The lowest BCUT2D eigenvalue weighted by atomic mass is 10.1. The number of thiocarbonyl (C=S) groups is 1. The van der Waals surface area contributed by atoms with Crippen molar-refractivity contribution in [1.82, 2.24) is 0 Å². The lowest BCUT2D eigenvalue weighted by Crippen LogP contribution is -2.38. The Balaban J connectivity index is 2.13. The minimum atomic E-state index is -0.0884. The predicted octanol–water partition coefficient (Wildman–Crippen LogP) is 6.57. The molecule has 0 spiro atoms. The monoisotopic (exact) mass is 449 g/mol. The van der Waals surface area contributed by atoms with Crippen LogP contribution in [0, 0.1) is 6.92 Å². The minimum absolute atomic E-state index is 0.0884. The smallest absolute Gasteiger partial charge is 0.288 e. The fourth-order valence-corrected chi connectivity index (χ4v) is 3.43. The number of hydrogen-bond donors (Lipinski definition) is 2. The van der Waals surface area contributed by atoms with Gasteiger partial charge in [-0.15, -0.1) is 0 Å². The Bertz CT molecular complexity index is 1070. The maximum absolute atomic E-state index is 11.1. The van der Waals surface area contributed by atoms with Crippen molar-refractivity contribution in [3.05, 3.63) is 93.2 Å². The molecule has 0 saturated carbocycles. The highest BCUT2D eigenvalue weighted by Gasteiger charge is 2.25. The van der Waals surface area contributed by atoms with Crippen LogP contribution in [0.3, 0.4) is 0 Å². The van der Waals surface area contributed by atoms with Crippen LogP contribution >= 0.6 is 47.0 Å². The van der Waals surface area contributed by atoms with Gasteiger partial charge in [0.15, 0.2) is 17.4 Å². The molecule has 142 valence electrons. The van der Waals surface area contributed by atoms with Crippen molar-refractivity contribution >= 4 is 69.2 Å². The van der Waals surface area contributed by atoms with Gasteiger partial charge in [-0.25, -0.2) is 0 Å². The van der Waals surface area contributed by atoms with E-state index in [1.54, 1.807) is 53.2 Å². The lowest BCUT2D eigenvalue weighted by molar-refractivity contribution is -0.576. The Hall–Kier alpha value is -2.11. The molecule has 0 aliphatic rings. The number of aliphatic hydroxyl groups is 1. The van der Waals surface area contributed by atoms with Gasteiger partial charge in [0.25, 0.3) is 5.70 Å². The number of benzene rings is 2. The lowest BCUT2D eigenvalue weighted by Gasteiger charge is -2.11. The molecule has 0 aliphatic carbocycles. The van der Waals surface area contributed by atoms with Gasteiger partial charge in [-0.3, -0.25) is 0 Å². The number of pyridine rings is 1. The minimum Gasteiger partial charge on any atom is -0.502 e. The van der Waals surface area contributed by atoms with E-state index in [1.165, 1.54) is 0 Å². The fraction of sp³-hybridized carbons (Fsp3) is 0.0476. The number of nitrogens with one attached hydrogen (secondary N) is 1. The van der Waals surface area contributed by atoms with Crippen LogP contribution in [0.4, 0.5) is 5.69 Å². The molecule has 3 nitrogen and oxygen atoms in total. The highest BCUT2D eigenvalue weighted by Crippen LogP contribution is 2.28. The zero-order valence-corrected chi connectivity index (χ0v) is 17.9. The second-order valence-corrected chi connectivity index (χ2v) is 7.76. The SMILES string of the molecule is Cc1ccc[n+](/C(C(=S)Nc2ccc(Cl)cc2)=C(\O)c2cc(Cl)ccc2Cl)c1. The van der Waals surface area contributed by atoms with E-state index in [1.807, 2.05) is 25.3 Å². The molecule has 0 fully saturated rings. The largest absolute Gasteiger partial charge is 0.502 e. The Labute approximate surface area is 183 Å². The maximum atomic E-state index is 11.1. The quantitative estimate of drug-likeness (QED) is 0.204. The normalized spacial score (nSPS) is 11.7. The Morgan fingerprint density at radius 3 is 2.36 bits per heavy atom. The van der Waals surface area contributed by atoms with Crippen LogP contribution in [-0.2, 0) is 0 Å². The van der Waals surface area contributed by atoms with Crippen LogP contribution in [0.1, 0.15) is 11.1 Å². The third-order valence-electron chi connectivity index (χ3n) is 3.93. The number of aliphatic hydroxyl groups excluding tert-OH is 1. The summed E-state index contributed by atoms with van der Waals surface area (Å²) in [6, 6.07) is 15.8. The van der Waals surface area contributed by atoms with Gasteiger partial charge in [-0.05, 0) is 55.5 Å². The number of rotatable bonds is 4. The first kappa shape index (κ1) is 20.6.